The second kappa shape index (κ2) is 6.38. The molecular formula is C13H14BrF2NO4. The minimum Gasteiger partial charge on any atom is -0.465 e. The fourth-order valence-corrected chi connectivity index (χ4v) is 1.82. The van der Waals surface area contributed by atoms with Crippen LogP contribution in [-0.4, -0.2) is 24.8 Å². The minimum absolute atomic E-state index is 0.268. The van der Waals surface area contributed by atoms with E-state index in [-0.39, 0.29) is 4.47 Å². The van der Waals surface area contributed by atoms with Crippen LogP contribution < -0.4 is 5.32 Å². The molecule has 0 aliphatic heterocycles. The van der Waals surface area contributed by atoms with Crippen molar-refractivity contribution in [2.75, 3.05) is 12.4 Å². The second-order valence-corrected chi connectivity index (χ2v) is 5.88. The van der Waals surface area contributed by atoms with Crippen LogP contribution >= 0.6 is 15.9 Å². The normalized spacial score (nSPS) is 11.0. The molecule has 0 unspecified atom stereocenters. The molecular weight excluding hydrogens is 352 g/mol. The number of anilines is 1. The number of benzene rings is 1. The number of hydrogen-bond donors (Lipinski definition) is 1. The Morgan fingerprint density at radius 3 is 2.33 bits per heavy atom. The Kier molecular flexibility index (Phi) is 5.27. The molecule has 1 aromatic carbocycles. The van der Waals surface area contributed by atoms with Gasteiger partial charge < -0.3 is 9.47 Å². The summed E-state index contributed by atoms with van der Waals surface area (Å²) in [5, 5.41) is 2.02. The van der Waals surface area contributed by atoms with Crippen LogP contribution in [0.4, 0.5) is 19.3 Å². The number of carbonyl (C=O) groups excluding carboxylic acids is 2. The smallest absolute Gasteiger partial charge is 0.412 e. The van der Waals surface area contributed by atoms with Crippen molar-refractivity contribution < 1.29 is 27.8 Å². The first kappa shape index (κ1) is 17.4. The van der Waals surface area contributed by atoms with Crippen molar-refractivity contribution >= 4 is 33.7 Å². The van der Waals surface area contributed by atoms with Crippen molar-refractivity contribution in [1.29, 1.82) is 0 Å². The molecule has 1 amide bonds. The molecule has 0 aliphatic rings. The van der Waals surface area contributed by atoms with Gasteiger partial charge in [-0.1, -0.05) is 0 Å². The van der Waals surface area contributed by atoms with Gasteiger partial charge in [-0.05, 0) is 42.8 Å². The Morgan fingerprint density at radius 2 is 1.86 bits per heavy atom. The van der Waals surface area contributed by atoms with Crippen molar-refractivity contribution in [2.24, 2.45) is 0 Å². The first-order valence-electron chi connectivity index (χ1n) is 5.82. The van der Waals surface area contributed by atoms with Crippen molar-refractivity contribution in [2.45, 2.75) is 26.4 Å². The van der Waals surface area contributed by atoms with Crippen LogP contribution in [0.25, 0.3) is 0 Å². The highest BCUT2D eigenvalue weighted by molar-refractivity contribution is 9.10. The third-order valence-electron chi connectivity index (χ3n) is 2.19. The number of halogens is 3. The monoisotopic (exact) mass is 365 g/mol. The van der Waals surface area contributed by atoms with Gasteiger partial charge in [0.1, 0.15) is 17.0 Å². The van der Waals surface area contributed by atoms with Crippen molar-refractivity contribution in [3.63, 3.8) is 0 Å². The van der Waals surface area contributed by atoms with Crippen LogP contribution in [0.15, 0.2) is 10.5 Å². The average Bonchev–Trinajstić information content (AvgIpc) is 2.33. The Balaban J connectivity index is 3.26. The van der Waals surface area contributed by atoms with Crippen LogP contribution in [0.5, 0.6) is 0 Å². The molecule has 0 aromatic heterocycles. The van der Waals surface area contributed by atoms with E-state index in [1.54, 1.807) is 20.8 Å². The van der Waals surface area contributed by atoms with E-state index in [2.05, 4.69) is 20.7 Å². The Hall–Kier alpha value is -1.70. The predicted octanol–water partition coefficient (Wildman–Crippen LogP) is 3.86. The molecule has 0 radical (unpaired) electrons. The highest BCUT2D eigenvalue weighted by Gasteiger charge is 2.27. The summed E-state index contributed by atoms with van der Waals surface area (Å²) in [6.45, 7) is 4.81. The summed E-state index contributed by atoms with van der Waals surface area (Å²) in [6.07, 6.45) is -1.02. The summed E-state index contributed by atoms with van der Waals surface area (Å²) in [4.78, 5) is 23.2. The first-order chi connectivity index (χ1) is 9.56. The Labute approximate surface area is 128 Å². The van der Waals surface area contributed by atoms with E-state index in [4.69, 9.17) is 4.74 Å². The summed E-state index contributed by atoms with van der Waals surface area (Å²) in [5.74, 6) is -3.18. The van der Waals surface area contributed by atoms with Gasteiger partial charge in [-0.3, -0.25) is 5.32 Å². The molecule has 5 nitrogen and oxygen atoms in total. The molecule has 0 fully saturated rings. The fourth-order valence-electron chi connectivity index (χ4n) is 1.42. The molecule has 0 heterocycles. The van der Waals surface area contributed by atoms with E-state index < -0.39 is 40.5 Å². The van der Waals surface area contributed by atoms with Gasteiger partial charge in [-0.2, -0.15) is 0 Å². The van der Waals surface area contributed by atoms with Crippen LogP contribution in [0, 0.1) is 11.6 Å². The lowest BCUT2D eigenvalue weighted by Crippen LogP contribution is -2.28. The Bertz CT molecular complexity index is 585. The third-order valence-corrected chi connectivity index (χ3v) is 2.76. The summed E-state index contributed by atoms with van der Waals surface area (Å²) in [6, 6.07) is 0.786. The highest BCUT2D eigenvalue weighted by Crippen LogP contribution is 2.30. The summed E-state index contributed by atoms with van der Waals surface area (Å²) in [7, 11) is 1.01. The zero-order valence-corrected chi connectivity index (χ0v) is 13.4. The molecule has 0 atom stereocenters. The van der Waals surface area contributed by atoms with Gasteiger partial charge in [0.25, 0.3) is 0 Å². The first-order valence-corrected chi connectivity index (χ1v) is 6.62. The third kappa shape index (κ3) is 4.38. The van der Waals surface area contributed by atoms with E-state index in [0.29, 0.717) is 0 Å². The molecule has 21 heavy (non-hydrogen) atoms. The lowest BCUT2D eigenvalue weighted by atomic mass is 10.1. The maximum absolute atomic E-state index is 14.0. The molecule has 116 valence electrons. The SMILES string of the molecule is COC(=O)c1c(F)c(Br)cc(F)c1NC(=O)OC(C)(C)C. The average molecular weight is 366 g/mol. The van der Waals surface area contributed by atoms with Crippen LogP contribution in [0.1, 0.15) is 31.1 Å². The van der Waals surface area contributed by atoms with Gasteiger partial charge in [0.15, 0.2) is 5.82 Å². The molecule has 1 rings (SSSR count). The number of hydrogen-bond acceptors (Lipinski definition) is 4. The maximum Gasteiger partial charge on any atom is 0.412 e. The molecule has 1 N–H and O–H groups in total. The van der Waals surface area contributed by atoms with Gasteiger partial charge >= 0.3 is 12.1 Å². The summed E-state index contributed by atoms with van der Waals surface area (Å²) in [5.41, 5.74) is -2.20. The molecule has 0 bridgehead atoms. The van der Waals surface area contributed by atoms with Crippen LogP contribution in [0.2, 0.25) is 0 Å². The van der Waals surface area contributed by atoms with Gasteiger partial charge in [-0.15, -0.1) is 0 Å². The molecule has 8 heteroatoms. The van der Waals surface area contributed by atoms with Gasteiger partial charge in [-0.25, -0.2) is 18.4 Å². The maximum atomic E-state index is 14.0. The topological polar surface area (TPSA) is 64.6 Å². The number of amides is 1. The molecule has 0 saturated heterocycles. The lowest BCUT2D eigenvalue weighted by Gasteiger charge is -2.20. The predicted molar refractivity (Wildman–Crippen MR) is 75.3 cm³/mol. The number of rotatable bonds is 2. The van der Waals surface area contributed by atoms with Crippen LogP contribution in [0.3, 0.4) is 0 Å². The van der Waals surface area contributed by atoms with Gasteiger partial charge in [0.05, 0.1) is 17.3 Å². The van der Waals surface area contributed by atoms with E-state index in [0.717, 1.165) is 13.2 Å². The molecule has 0 saturated carbocycles. The van der Waals surface area contributed by atoms with Crippen molar-refractivity contribution in [3.05, 3.63) is 27.7 Å². The van der Waals surface area contributed by atoms with Crippen LogP contribution in [-0.2, 0) is 9.47 Å². The van der Waals surface area contributed by atoms with Gasteiger partial charge in [0.2, 0.25) is 0 Å². The number of nitrogens with one attached hydrogen (secondary N) is 1. The number of ether oxygens (including phenoxy) is 2. The Morgan fingerprint density at radius 1 is 1.29 bits per heavy atom. The van der Waals surface area contributed by atoms with Crippen molar-refractivity contribution in [3.8, 4) is 0 Å². The molecule has 1 aromatic rings. The highest BCUT2D eigenvalue weighted by atomic mass is 79.9. The largest absolute Gasteiger partial charge is 0.465 e. The molecule has 0 aliphatic carbocycles. The summed E-state index contributed by atoms with van der Waals surface area (Å²) < 4.78 is 36.9. The fraction of sp³-hybridized carbons (Fsp3) is 0.385. The van der Waals surface area contributed by atoms with Gasteiger partial charge in [0, 0.05) is 0 Å². The van der Waals surface area contributed by atoms with E-state index >= 15 is 0 Å². The van der Waals surface area contributed by atoms with Crippen molar-refractivity contribution in [1.82, 2.24) is 0 Å². The minimum atomic E-state index is -1.13. The number of carbonyl (C=O) groups is 2. The van der Waals surface area contributed by atoms with E-state index in [1.165, 1.54) is 0 Å². The second-order valence-electron chi connectivity index (χ2n) is 5.02. The number of methoxy groups -OCH3 is 1. The number of esters is 1. The van der Waals surface area contributed by atoms with E-state index in [9.17, 15) is 18.4 Å². The quantitative estimate of drug-likeness (QED) is 0.638. The standard InChI is InChI=1S/C13H14BrF2NO4/c1-13(2,3)21-12(19)17-10-7(15)5-6(14)9(16)8(10)11(18)20-4/h5H,1-4H3,(H,17,19). The molecule has 0 spiro atoms. The zero-order chi connectivity index (χ0) is 16.4. The summed E-state index contributed by atoms with van der Waals surface area (Å²) >= 11 is 2.78. The zero-order valence-electron chi connectivity index (χ0n) is 11.8. The van der Waals surface area contributed by atoms with E-state index in [1.807, 2.05) is 5.32 Å². The lowest BCUT2D eigenvalue weighted by molar-refractivity contribution is 0.0596.